The standard InChI is InChI=1S/C70H77O22P3/c1-48(71)85-55-56(86-63(74)69-40-38-67(6,61(72)88-69)65(69,2)3)58(90-93(76,79-42-49-26-14-8-15-27-49)80-43-50-28-16-9-17-29-50)57(87-64(75)70-41-39-68(7,62(73)89-70)66(70,4)5)60(92-95(78,83-46-53-34-22-12-23-35-53)84-47-54-36-24-13-25-37-54)59(55)91-94(77,81-44-51-30-18-10-19-31-51)82-45-52-32-20-11-21-33-52/h8-37,55-60H,38-47H2,1-7H3/t55-,56+,57-,58+,59+,60+,67+,68-,69-,70+/m0/s1. The molecule has 0 radical (unpaired) electrons. The van der Waals surface area contributed by atoms with Crippen molar-refractivity contribution in [3.05, 3.63) is 215 Å². The van der Waals surface area contributed by atoms with Crippen molar-refractivity contribution < 1.29 is 102 Å². The molecule has 6 aromatic carbocycles. The zero-order valence-electron chi connectivity index (χ0n) is 53.7. The van der Waals surface area contributed by atoms with Gasteiger partial charge in [-0.1, -0.05) is 210 Å². The third kappa shape index (κ3) is 14.0. The van der Waals surface area contributed by atoms with E-state index in [0.29, 0.717) is 33.4 Å². The van der Waals surface area contributed by atoms with Crippen molar-refractivity contribution in [2.45, 2.75) is 162 Å². The van der Waals surface area contributed by atoms with Gasteiger partial charge in [0.25, 0.3) is 0 Å². The number of phosphoric acid groups is 3. The number of carbonyl (C=O) groups excluding carboxylic acids is 5. The number of fused-ring (bicyclic) bond motifs is 4. The predicted molar refractivity (Wildman–Crippen MR) is 340 cm³/mol. The van der Waals surface area contributed by atoms with Crippen molar-refractivity contribution in [2.24, 2.45) is 21.7 Å². The Kier molecular flexibility index (Phi) is 20.3. The molecule has 3 saturated carbocycles. The fourth-order valence-corrected chi connectivity index (χ4v) is 17.1. The molecular weight excluding hydrogens is 1290 g/mol. The highest BCUT2D eigenvalue weighted by Gasteiger charge is 2.79. The van der Waals surface area contributed by atoms with Crippen LogP contribution in [0.25, 0.3) is 0 Å². The zero-order valence-corrected chi connectivity index (χ0v) is 56.4. The molecule has 2 saturated heterocycles. The van der Waals surface area contributed by atoms with Gasteiger partial charge in [0.2, 0.25) is 11.2 Å². The first-order chi connectivity index (χ1) is 45.3. The Hall–Kier alpha value is -7.00. The Labute approximate surface area is 551 Å². The molecule has 3 aliphatic carbocycles. The Morgan fingerprint density at radius 1 is 0.358 bits per heavy atom. The van der Waals surface area contributed by atoms with Gasteiger partial charge in [0, 0.05) is 17.8 Å². The summed E-state index contributed by atoms with van der Waals surface area (Å²) in [7, 11) is -16.1. The van der Waals surface area contributed by atoms with E-state index < -0.39 is 162 Å². The lowest BCUT2D eigenvalue weighted by Gasteiger charge is -2.50. The minimum atomic E-state index is -5.39. The van der Waals surface area contributed by atoms with Crippen LogP contribution in [0.3, 0.4) is 0 Å². The Balaban J connectivity index is 1.15. The van der Waals surface area contributed by atoms with Crippen LogP contribution in [-0.4, -0.2) is 77.7 Å². The molecule has 6 aromatic rings. The van der Waals surface area contributed by atoms with Crippen molar-refractivity contribution >= 4 is 53.3 Å². The average Bonchev–Trinajstić information content (AvgIpc) is 1.53. The summed E-state index contributed by atoms with van der Waals surface area (Å²) < 4.78 is 139. The van der Waals surface area contributed by atoms with E-state index in [-0.39, 0.29) is 25.7 Å². The van der Waals surface area contributed by atoms with Crippen LogP contribution in [0.15, 0.2) is 182 Å². The first kappa shape index (κ1) is 69.4. The molecule has 2 aliphatic heterocycles. The summed E-state index contributed by atoms with van der Waals surface area (Å²) in [6.07, 6.45) is -14.4. The van der Waals surface area contributed by atoms with Gasteiger partial charge in [-0.15, -0.1) is 0 Å². The molecule has 25 heteroatoms. The maximum Gasteiger partial charge on any atom is 0.475 e. The molecule has 0 amide bonds. The molecule has 0 N–H and O–H groups in total. The number of hydrogen-bond acceptors (Lipinski definition) is 22. The number of rotatable bonds is 29. The van der Waals surface area contributed by atoms with Crippen molar-refractivity contribution in [2.75, 3.05) is 0 Å². The highest BCUT2D eigenvalue weighted by atomic mass is 31.2. The van der Waals surface area contributed by atoms with E-state index in [2.05, 4.69) is 0 Å². The fourth-order valence-electron chi connectivity index (χ4n) is 13.0. The monoisotopic (exact) mass is 1360 g/mol. The first-order valence-electron chi connectivity index (χ1n) is 31.3. The number of phosphoric ester groups is 3. The van der Waals surface area contributed by atoms with Gasteiger partial charge >= 0.3 is 53.3 Å². The zero-order chi connectivity index (χ0) is 67.5. The predicted octanol–water partition coefficient (Wildman–Crippen LogP) is 13.8. The molecule has 4 bridgehead atoms. The molecule has 22 nitrogen and oxygen atoms in total. The molecular formula is C70H77O22P3. The molecule has 11 rings (SSSR count). The Morgan fingerprint density at radius 3 is 0.789 bits per heavy atom. The highest BCUT2D eigenvalue weighted by Crippen LogP contribution is 2.68. The topological polar surface area (TPSA) is 266 Å². The summed E-state index contributed by atoms with van der Waals surface area (Å²) >= 11 is 0. The quantitative estimate of drug-likeness (QED) is 0.0240. The second kappa shape index (κ2) is 27.9. The molecule has 2 heterocycles. The van der Waals surface area contributed by atoms with Crippen LogP contribution in [0, 0.1) is 21.7 Å². The minimum absolute atomic E-state index is 0.0984. The van der Waals surface area contributed by atoms with Gasteiger partial charge in [0.15, 0.2) is 18.3 Å². The summed E-state index contributed by atoms with van der Waals surface area (Å²) in [6.45, 7) is 8.00. The molecule has 0 spiro atoms. The van der Waals surface area contributed by atoms with Crippen molar-refractivity contribution in [1.29, 1.82) is 0 Å². The van der Waals surface area contributed by atoms with E-state index in [4.69, 9.17) is 64.4 Å². The molecule has 504 valence electrons. The third-order valence-electron chi connectivity index (χ3n) is 19.7. The van der Waals surface area contributed by atoms with E-state index in [1.165, 1.54) is 0 Å². The van der Waals surface area contributed by atoms with Crippen LogP contribution in [-0.2, 0) is 142 Å². The van der Waals surface area contributed by atoms with Crippen molar-refractivity contribution in [1.82, 2.24) is 0 Å². The van der Waals surface area contributed by atoms with Crippen LogP contribution >= 0.6 is 23.5 Å². The van der Waals surface area contributed by atoms with Gasteiger partial charge in [-0.05, 0) is 72.9 Å². The Morgan fingerprint density at radius 2 is 0.579 bits per heavy atom. The second-order valence-corrected chi connectivity index (χ2v) is 30.6. The van der Waals surface area contributed by atoms with Gasteiger partial charge in [-0.2, -0.15) is 0 Å². The number of carbonyl (C=O) groups is 5. The third-order valence-corrected chi connectivity index (χ3v) is 23.9. The molecule has 5 fully saturated rings. The van der Waals surface area contributed by atoms with Gasteiger partial charge in [-0.3, -0.25) is 55.1 Å². The fraction of sp³-hybridized carbons (Fsp3) is 0.414. The van der Waals surface area contributed by atoms with Gasteiger partial charge in [0.05, 0.1) is 50.5 Å². The van der Waals surface area contributed by atoms with E-state index in [9.17, 15) is 14.4 Å². The SMILES string of the molecule is CC(=O)O[C@H]1[C@@H](OC(=O)[C@]23CC[C@](C)(C(=O)O2)C3(C)C)[C@@H](OP(=O)(OCc2ccccc2)OCc2ccccc2)[C@H](OC(=O)[C@@]23CC[C@@](C)(C(=O)O2)C3(C)C)[C@@H](OP(=O)(OCc2ccccc2)OCc2ccccc2)[C@@H]1OP(=O)(OCc1ccccc1)OCc1ccccc1. The normalized spacial score (nSPS) is 27.3. The van der Waals surface area contributed by atoms with Crippen LogP contribution in [0.5, 0.6) is 0 Å². The minimum Gasteiger partial charge on any atom is -0.456 e. The summed E-state index contributed by atoms with van der Waals surface area (Å²) in [5, 5.41) is 0. The maximum absolute atomic E-state index is 16.4. The number of esters is 5. The summed E-state index contributed by atoms with van der Waals surface area (Å²) in [5.74, 6) is -5.14. The Bertz CT molecular complexity index is 3720. The lowest BCUT2D eigenvalue weighted by molar-refractivity contribution is -0.252. The van der Waals surface area contributed by atoms with Gasteiger partial charge in [0.1, 0.15) is 18.3 Å². The van der Waals surface area contributed by atoms with Crippen molar-refractivity contribution in [3.63, 3.8) is 0 Å². The van der Waals surface area contributed by atoms with Crippen LogP contribution in [0.2, 0.25) is 0 Å². The number of benzene rings is 6. The van der Waals surface area contributed by atoms with Crippen molar-refractivity contribution in [3.8, 4) is 0 Å². The van der Waals surface area contributed by atoms with E-state index in [0.717, 1.165) is 6.92 Å². The van der Waals surface area contributed by atoms with E-state index in [1.54, 1.807) is 224 Å². The second-order valence-electron chi connectivity index (χ2n) is 25.8. The smallest absolute Gasteiger partial charge is 0.456 e. The summed E-state index contributed by atoms with van der Waals surface area (Å²) in [5.41, 5.74) is -6.73. The molecule has 0 unspecified atom stereocenters. The molecule has 95 heavy (non-hydrogen) atoms. The summed E-state index contributed by atoms with van der Waals surface area (Å²) in [4.78, 5) is 74.6. The van der Waals surface area contributed by atoms with E-state index in [1.807, 2.05) is 0 Å². The lowest BCUT2D eigenvalue weighted by atomic mass is 9.66. The van der Waals surface area contributed by atoms with Crippen LogP contribution in [0.1, 0.15) is 108 Å². The van der Waals surface area contributed by atoms with E-state index >= 15 is 23.3 Å². The number of ether oxygens (including phenoxy) is 5. The highest BCUT2D eigenvalue weighted by molar-refractivity contribution is 7.49. The van der Waals surface area contributed by atoms with Gasteiger partial charge in [-0.25, -0.2) is 23.3 Å². The van der Waals surface area contributed by atoms with Crippen LogP contribution in [0.4, 0.5) is 0 Å². The van der Waals surface area contributed by atoms with Gasteiger partial charge < -0.3 is 23.7 Å². The molecule has 10 atom stereocenters. The summed E-state index contributed by atoms with van der Waals surface area (Å²) in [6, 6.07) is 50.9. The number of hydrogen-bond donors (Lipinski definition) is 0. The molecule has 0 aromatic heterocycles. The average molecular weight is 1360 g/mol. The maximum atomic E-state index is 16.4. The lowest BCUT2D eigenvalue weighted by Crippen LogP contribution is -2.69. The largest absolute Gasteiger partial charge is 0.475 e. The molecule has 5 aliphatic rings. The van der Waals surface area contributed by atoms with Crippen LogP contribution < -0.4 is 0 Å². The first-order valence-corrected chi connectivity index (χ1v) is 35.7.